The molecule has 5 heteroatoms. The number of hydrogen-bond acceptors (Lipinski definition) is 4. The molecule has 2 aliphatic heterocycles. The second kappa shape index (κ2) is 4.14. The van der Waals surface area contributed by atoms with Gasteiger partial charge in [-0.3, -0.25) is 4.79 Å². The lowest BCUT2D eigenvalue weighted by molar-refractivity contribution is 0.340. The highest BCUT2D eigenvalue weighted by molar-refractivity contribution is 5.38. The van der Waals surface area contributed by atoms with Crippen molar-refractivity contribution in [3.05, 3.63) is 22.7 Å². The van der Waals surface area contributed by atoms with E-state index in [1.807, 2.05) is 0 Å². The summed E-state index contributed by atoms with van der Waals surface area (Å²) in [6.07, 6.45) is 5.91. The van der Waals surface area contributed by atoms with Gasteiger partial charge in [0, 0.05) is 38.6 Å². The minimum atomic E-state index is 0.00569. The van der Waals surface area contributed by atoms with E-state index in [0.29, 0.717) is 17.8 Å². The van der Waals surface area contributed by atoms with Gasteiger partial charge < -0.3 is 14.8 Å². The van der Waals surface area contributed by atoms with Crippen LogP contribution in [0.1, 0.15) is 12.8 Å². The molecule has 2 aliphatic rings. The van der Waals surface area contributed by atoms with Crippen LogP contribution in [0.3, 0.4) is 0 Å². The van der Waals surface area contributed by atoms with E-state index in [4.69, 9.17) is 0 Å². The van der Waals surface area contributed by atoms with E-state index in [1.54, 1.807) is 24.0 Å². The average Bonchev–Trinajstić information content (AvgIpc) is 2.76. The number of anilines is 1. The molecule has 2 unspecified atom stereocenters. The summed E-state index contributed by atoms with van der Waals surface area (Å²) in [5.41, 5.74) is 0.00569. The monoisotopic (exact) mass is 234 g/mol. The molecule has 5 nitrogen and oxygen atoms in total. The van der Waals surface area contributed by atoms with E-state index in [-0.39, 0.29) is 5.56 Å². The van der Waals surface area contributed by atoms with Crippen LogP contribution in [0.15, 0.2) is 17.2 Å². The number of nitrogens with one attached hydrogen (secondary N) is 1. The van der Waals surface area contributed by atoms with E-state index in [1.165, 1.54) is 12.8 Å². The minimum absolute atomic E-state index is 0.00569. The van der Waals surface area contributed by atoms with Crippen LogP contribution in [-0.2, 0) is 7.05 Å². The van der Waals surface area contributed by atoms with E-state index in [0.717, 1.165) is 19.6 Å². The molecule has 2 atom stereocenters. The van der Waals surface area contributed by atoms with Crippen molar-refractivity contribution in [1.29, 1.82) is 0 Å². The Balaban J connectivity index is 1.86. The Morgan fingerprint density at radius 3 is 3.18 bits per heavy atom. The van der Waals surface area contributed by atoms with Crippen LogP contribution in [0.2, 0.25) is 0 Å². The molecule has 2 saturated heterocycles. The topological polar surface area (TPSA) is 50.2 Å². The SMILES string of the molecule is Cn1ccnc(N2CC3CCCNC3C2)c1=O. The molecule has 0 radical (unpaired) electrons. The first-order chi connectivity index (χ1) is 8.25. The average molecular weight is 234 g/mol. The van der Waals surface area contributed by atoms with Gasteiger partial charge in [-0.1, -0.05) is 0 Å². The first kappa shape index (κ1) is 10.8. The molecule has 0 amide bonds. The Hall–Kier alpha value is -1.36. The van der Waals surface area contributed by atoms with Crippen molar-refractivity contribution in [1.82, 2.24) is 14.9 Å². The van der Waals surface area contributed by atoms with E-state index < -0.39 is 0 Å². The summed E-state index contributed by atoms with van der Waals surface area (Å²) in [4.78, 5) is 18.4. The van der Waals surface area contributed by atoms with Gasteiger partial charge in [0.05, 0.1) is 0 Å². The number of nitrogens with zero attached hydrogens (tertiary/aromatic N) is 3. The summed E-state index contributed by atoms with van der Waals surface area (Å²) in [6, 6.07) is 0.537. The van der Waals surface area contributed by atoms with Crippen LogP contribution in [0.5, 0.6) is 0 Å². The number of rotatable bonds is 1. The van der Waals surface area contributed by atoms with Gasteiger partial charge in [-0.2, -0.15) is 0 Å². The summed E-state index contributed by atoms with van der Waals surface area (Å²) in [5.74, 6) is 1.28. The Labute approximate surface area is 100 Å². The fraction of sp³-hybridized carbons (Fsp3) is 0.667. The third-order valence-electron chi connectivity index (χ3n) is 3.90. The highest BCUT2D eigenvalue weighted by Gasteiger charge is 2.35. The van der Waals surface area contributed by atoms with Gasteiger partial charge >= 0.3 is 0 Å². The fourth-order valence-electron chi connectivity index (χ4n) is 2.92. The van der Waals surface area contributed by atoms with Gasteiger partial charge in [0.25, 0.3) is 5.56 Å². The molecule has 0 saturated carbocycles. The maximum atomic E-state index is 12.0. The van der Waals surface area contributed by atoms with Crippen molar-refractivity contribution in [2.45, 2.75) is 18.9 Å². The smallest absolute Gasteiger partial charge is 0.293 e. The molecule has 3 heterocycles. The number of aromatic nitrogens is 2. The van der Waals surface area contributed by atoms with Crippen LogP contribution in [-0.4, -0.2) is 35.2 Å². The lowest BCUT2D eigenvalue weighted by Crippen LogP contribution is -2.41. The standard InChI is InChI=1S/C12H18N4O/c1-15-6-5-14-11(12(15)17)16-7-9-3-2-4-13-10(9)8-16/h5-6,9-10,13H,2-4,7-8H2,1H3. The molecule has 17 heavy (non-hydrogen) atoms. The molecule has 0 bridgehead atoms. The van der Waals surface area contributed by atoms with Crippen LogP contribution < -0.4 is 15.8 Å². The molecule has 1 aromatic heterocycles. The zero-order valence-electron chi connectivity index (χ0n) is 10.1. The quantitative estimate of drug-likeness (QED) is 0.741. The predicted molar refractivity (Wildman–Crippen MR) is 66.2 cm³/mol. The van der Waals surface area contributed by atoms with Crippen LogP contribution in [0.4, 0.5) is 5.82 Å². The third-order valence-corrected chi connectivity index (χ3v) is 3.90. The summed E-state index contributed by atoms with van der Waals surface area (Å²) < 4.78 is 1.59. The second-order valence-corrected chi connectivity index (χ2v) is 5.03. The number of fused-ring (bicyclic) bond motifs is 1. The molecule has 2 fully saturated rings. The number of aryl methyl sites for hydroxylation is 1. The van der Waals surface area contributed by atoms with Crippen LogP contribution >= 0.6 is 0 Å². The highest BCUT2D eigenvalue weighted by atomic mass is 16.1. The highest BCUT2D eigenvalue weighted by Crippen LogP contribution is 2.26. The molecule has 3 rings (SSSR count). The van der Waals surface area contributed by atoms with E-state index in [2.05, 4.69) is 15.2 Å². The lowest BCUT2D eigenvalue weighted by atomic mass is 9.94. The van der Waals surface area contributed by atoms with Crippen molar-refractivity contribution in [2.24, 2.45) is 13.0 Å². The zero-order valence-corrected chi connectivity index (χ0v) is 10.1. The third kappa shape index (κ3) is 1.84. The molecular weight excluding hydrogens is 216 g/mol. The normalized spacial score (nSPS) is 28.2. The lowest BCUT2D eigenvalue weighted by Gasteiger charge is -2.24. The maximum Gasteiger partial charge on any atom is 0.293 e. The minimum Gasteiger partial charge on any atom is -0.350 e. The Bertz CT molecular complexity index is 456. The molecule has 0 aliphatic carbocycles. The largest absolute Gasteiger partial charge is 0.350 e. The number of piperidine rings is 1. The first-order valence-corrected chi connectivity index (χ1v) is 6.25. The van der Waals surface area contributed by atoms with Crippen molar-refractivity contribution in [3.63, 3.8) is 0 Å². The van der Waals surface area contributed by atoms with E-state index in [9.17, 15) is 4.79 Å². The van der Waals surface area contributed by atoms with Crippen LogP contribution in [0.25, 0.3) is 0 Å². The molecule has 0 spiro atoms. The van der Waals surface area contributed by atoms with Crippen molar-refractivity contribution in [3.8, 4) is 0 Å². The Morgan fingerprint density at radius 1 is 1.47 bits per heavy atom. The molecule has 1 N–H and O–H groups in total. The van der Waals surface area contributed by atoms with Gasteiger partial charge in [0.15, 0.2) is 5.82 Å². The van der Waals surface area contributed by atoms with Gasteiger partial charge in [-0.15, -0.1) is 0 Å². The summed E-state index contributed by atoms with van der Waals surface area (Å²) >= 11 is 0. The van der Waals surface area contributed by atoms with Gasteiger partial charge in [0.2, 0.25) is 0 Å². The molecule has 92 valence electrons. The Kier molecular flexibility index (Phi) is 2.63. The van der Waals surface area contributed by atoms with Crippen LogP contribution in [0, 0.1) is 5.92 Å². The molecular formula is C12H18N4O. The van der Waals surface area contributed by atoms with E-state index >= 15 is 0 Å². The second-order valence-electron chi connectivity index (χ2n) is 5.03. The summed E-state index contributed by atoms with van der Waals surface area (Å²) in [5, 5.41) is 3.54. The molecule has 0 aromatic carbocycles. The van der Waals surface area contributed by atoms with Gasteiger partial charge in [0.1, 0.15) is 0 Å². The maximum absolute atomic E-state index is 12.0. The summed E-state index contributed by atoms with van der Waals surface area (Å²) in [7, 11) is 1.77. The van der Waals surface area contributed by atoms with Crippen molar-refractivity contribution < 1.29 is 0 Å². The fourth-order valence-corrected chi connectivity index (χ4v) is 2.92. The zero-order chi connectivity index (χ0) is 11.8. The Morgan fingerprint density at radius 2 is 2.35 bits per heavy atom. The van der Waals surface area contributed by atoms with Gasteiger partial charge in [-0.25, -0.2) is 4.98 Å². The molecule has 1 aromatic rings. The summed E-state index contributed by atoms with van der Waals surface area (Å²) in [6.45, 7) is 2.98. The van der Waals surface area contributed by atoms with Crippen molar-refractivity contribution in [2.75, 3.05) is 24.5 Å². The predicted octanol–water partition coefficient (Wildman–Crippen LogP) is -0.0315. The van der Waals surface area contributed by atoms with Gasteiger partial charge in [-0.05, 0) is 25.3 Å². The number of hydrogen-bond donors (Lipinski definition) is 1. The van der Waals surface area contributed by atoms with Crippen molar-refractivity contribution >= 4 is 5.82 Å². The first-order valence-electron chi connectivity index (χ1n) is 6.25.